The number of rotatable bonds is 5. The summed E-state index contributed by atoms with van der Waals surface area (Å²) in [6.07, 6.45) is 1.25. The lowest BCUT2D eigenvalue weighted by atomic mass is 10.1. The van der Waals surface area contributed by atoms with Gasteiger partial charge in [0.15, 0.2) is 15.5 Å². The molecule has 0 amide bonds. The van der Waals surface area contributed by atoms with Crippen LogP contribution in [-0.2, 0) is 19.9 Å². The molecular formula is C17H16ClN3O6S2. The highest BCUT2D eigenvalue weighted by Gasteiger charge is 2.55. The van der Waals surface area contributed by atoms with Crippen LogP contribution in [0.3, 0.4) is 0 Å². The van der Waals surface area contributed by atoms with Gasteiger partial charge < -0.3 is 10.2 Å². The van der Waals surface area contributed by atoms with Crippen molar-refractivity contribution < 1.29 is 27.0 Å². The summed E-state index contributed by atoms with van der Waals surface area (Å²) < 4.78 is 52.8. The minimum Gasteiger partial charge on any atom is -0.393 e. The summed E-state index contributed by atoms with van der Waals surface area (Å²) in [5, 5.41) is 28.3. The van der Waals surface area contributed by atoms with Crippen molar-refractivity contribution in [3.05, 3.63) is 53.3 Å². The van der Waals surface area contributed by atoms with E-state index in [1.165, 1.54) is 42.6 Å². The van der Waals surface area contributed by atoms with Crippen LogP contribution in [0.25, 0.3) is 0 Å². The van der Waals surface area contributed by atoms with Gasteiger partial charge in [-0.2, -0.15) is 9.57 Å². The van der Waals surface area contributed by atoms with E-state index < -0.39 is 55.3 Å². The van der Waals surface area contributed by atoms with Gasteiger partial charge in [-0.1, -0.05) is 11.6 Å². The number of nitrogens with zero attached hydrogens (tertiary/aromatic N) is 3. The topological polar surface area (TPSA) is 149 Å². The van der Waals surface area contributed by atoms with Gasteiger partial charge in [-0.3, -0.25) is 0 Å². The fraction of sp³-hybridized carbons (Fsp3) is 0.294. The van der Waals surface area contributed by atoms with Gasteiger partial charge in [-0.15, -0.1) is 0 Å². The molecule has 2 N–H and O–H groups in total. The fourth-order valence-electron chi connectivity index (χ4n) is 3.16. The zero-order chi connectivity index (χ0) is 21.4. The second kappa shape index (κ2) is 7.64. The van der Waals surface area contributed by atoms with Gasteiger partial charge in [0.2, 0.25) is 10.0 Å². The first kappa shape index (κ1) is 21.6. The Bertz CT molecular complexity index is 1180. The Morgan fingerprint density at radius 2 is 1.90 bits per heavy atom. The number of sulfone groups is 1. The summed E-state index contributed by atoms with van der Waals surface area (Å²) in [4.78, 5) is 3.13. The van der Waals surface area contributed by atoms with Crippen molar-refractivity contribution in [2.24, 2.45) is 0 Å². The molecule has 0 bridgehead atoms. The van der Waals surface area contributed by atoms with Gasteiger partial charge in [0.05, 0.1) is 11.5 Å². The highest BCUT2D eigenvalue weighted by molar-refractivity contribution is 7.92. The standard InChI is InChI=1S/C17H16ClN3O6S2/c18-12-3-5-13(6-4-12)28(24,25)16-9-21(10-17(16,23)11-22)29(26,27)15-2-1-7-20-14(15)8-19/h1-7,16,22-23H,9-11H2/t16-,17+/m0/s1. The zero-order valence-corrected chi connectivity index (χ0v) is 17.2. The Balaban J connectivity index is 2.04. The summed E-state index contributed by atoms with van der Waals surface area (Å²) in [5.74, 6) is 0. The number of β-amino-alcohol motifs (C(OH)–C–C–N with tert-alkyl or cyclic N) is 1. The van der Waals surface area contributed by atoms with Gasteiger partial charge in [0, 0.05) is 24.3 Å². The van der Waals surface area contributed by atoms with Crippen LogP contribution < -0.4 is 0 Å². The maximum atomic E-state index is 13.1. The van der Waals surface area contributed by atoms with E-state index in [0.29, 0.717) is 5.02 Å². The molecule has 9 nitrogen and oxygen atoms in total. The van der Waals surface area contributed by atoms with Gasteiger partial charge in [0.1, 0.15) is 21.8 Å². The third kappa shape index (κ3) is 3.75. The molecule has 1 aromatic carbocycles. The average Bonchev–Trinajstić information content (AvgIpc) is 3.08. The van der Waals surface area contributed by atoms with Crippen LogP contribution in [0.2, 0.25) is 5.02 Å². The number of hydrogen-bond donors (Lipinski definition) is 2. The van der Waals surface area contributed by atoms with Gasteiger partial charge >= 0.3 is 0 Å². The lowest BCUT2D eigenvalue weighted by molar-refractivity contribution is 0.00160. The lowest BCUT2D eigenvalue weighted by Crippen LogP contribution is -2.49. The first-order chi connectivity index (χ1) is 13.6. The molecule has 0 radical (unpaired) electrons. The number of aromatic nitrogens is 1. The number of sulfonamides is 1. The number of aliphatic hydroxyl groups is 2. The molecule has 1 aliphatic rings. The Morgan fingerprint density at radius 3 is 2.48 bits per heavy atom. The highest BCUT2D eigenvalue weighted by atomic mass is 35.5. The normalized spacial score (nSPS) is 23.0. The molecule has 29 heavy (non-hydrogen) atoms. The van der Waals surface area contributed by atoms with E-state index in [2.05, 4.69) is 4.98 Å². The van der Waals surface area contributed by atoms with Crippen molar-refractivity contribution in [3.63, 3.8) is 0 Å². The zero-order valence-electron chi connectivity index (χ0n) is 14.8. The average molecular weight is 458 g/mol. The molecule has 1 aliphatic heterocycles. The Labute approximate surface area is 172 Å². The molecule has 0 unspecified atom stereocenters. The minimum atomic E-state index is -4.35. The maximum Gasteiger partial charge on any atom is 0.246 e. The molecule has 1 saturated heterocycles. The number of aliphatic hydroxyl groups excluding tert-OH is 1. The molecule has 0 saturated carbocycles. The lowest BCUT2D eigenvalue weighted by Gasteiger charge is -2.26. The van der Waals surface area contributed by atoms with Gasteiger partial charge in [-0.05, 0) is 36.4 Å². The molecule has 1 fully saturated rings. The Hall–Kier alpha value is -2.07. The van der Waals surface area contributed by atoms with E-state index in [1.54, 1.807) is 6.07 Å². The molecule has 12 heteroatoms. The van der Waals surface area contributed by atoms with E-state index in [1.807, 2.05) is 0 Å². The molecule has 2 aromatic rings. The van der Waals surface area contributed by atoms with Crippen LogP contribution in [0.15, 0.2) is 52.4 Å². The first-order valence-electron chi connectivity index (χ1n) is 8.24. The molecule has 0 spiro atoms. The largest absolute Gasteiger partial charge is 0.393 e. The van der Waals surface area contributed by atoms with E-state index in [4.69, 9.17) is 16.9 Å². The van der Waals surface area contributed by atoms with Crippen molar-refractivity contribution in [3.8, 4) is 6.07 Å². The van der Waals surface area contributed by atoms with Crippen LogP contribution in [-0.4, -0.2) is 66.9 Å². The summed E-state index contributed by atoms with van der Waals surface area (Å²) in [5.41, 5.74) is -2.59. The SMILES string of the molecule is N#Cc1ncccc1S(=O)(=O)N1C[C@H](S(=O)(=O)c2ccc(Cl)cc2)[C@](O)(CO)C1. The summed E-state index contributed by atoms with van der Waals surface area (Å²) >= 11 is 5.78. The molecule has 0 aliphatic carbocycles. The number of benzene rings is 1. The summed E-state index contributed by atoms with van der Waals surface area (Å²) in [6, 6.07) is 9.34. The van der Waals surface area contributed by atoms with E-state index in [-0.39, 0.29) is 10.6 Å². The van der Waals surface area contributed by atoms with Crippen molar-refractivity contribution >= 4 is 31.5 Å². The minimum absolute atomic E-state index is 0.169. The molecule has 3 rings (SSSR count). The molecule has 154 valence electrons. The predicted molar refractivity (Wildman–Crippen MR) is 102 cm³/mol. The number of hydrogen-bond acceptors (Lipinski definition) is 8. The highest BCUT2D eigenvalue weighted by Crippen LogP contribution is 2.35. The number of pyridine rings is 1. The molecular weight excluding hydrogens is 442 g/mol. The van der Waals surface area contributed by atoms with E-state index >= 15 is 0 Å². The van der Waals surface area contributed by atoms with Crippen molar-refractivity contribution in [1.29, 1.82) is 5.26 Å². The van der Waals surface area contributed by atoms with Crippen LogP contribution in [0.5, 0.6) is 0 Å². The second-order valence-corrected chi connectivity index (χ2v) is 11.0. The maximum absolute atomic E-state index is 13.1. The quantitative estimate of drug-likeness (QED) is 0.645. The molecule has 2 heterocycles. The van der Waals surface area contributed by atoms with Crippen molar-refractivity contribution in [2.45, 2.75) is 20.6 Å². The monoisotopic (exact) mass is 457 g/mol. The van der Waals surface area contributed by atoms with Crippen LogP contribution in [0, 0.1) is 11.3 Å². The van der Waals surface area contributed by atoms with Crippen LogP contribution in [0.1, 0.15) is 5.69 Å². The van der Waals surface area contributed by atoms with Gasteiger partial charge in [-0.25, -0.2) is 21.8 Å². The Morgan fingerprint density at radius 1 is 1.24 bits per heavy atom. The van der Waals surface area contributed by atoms with E-state index in [9.17, 15) is 27.0 Å². The predicted octanol–water partition coefficient (Wildman–Crippen LogP) is 0.177. The second-order valence-electron chi connectivity index (χ2n) is 6.51. The summed E-state index contributed by atoms with van der Waals surface area (Å²) in [6.45, 7) is -2.25. The number of halogens is 1. The van der Waals surface area contributed by atoms with Crippen LogP contribution >= 0.6 is 11.6 Å². The number of nitriles is 1. The van der Waals surface area contributed by atoms with Crippen molar-refractivity contribution in [2.75, 3.05) is 19.7 Å². The third-order valence-corrected chi connectivity index (χ3v) is 9.07. The smallest absolute Gasteiger partial charge is 0.246 e. The molecule has 1 aromatic heterocycles. The van der Waals surface area contributed by atoms with Gasteiger partial charge in [0.25, 0.3) is 0 Å². The van der Waals surface area contributed by atoms with Crippen LogP contribution in [0.4, 0.5) is 0 Å². The Kier molecular flexibility index (Phi) is 5.70. The molecule has 2 atom stereocenters. The first-order valence-corrected chi connectivity index (χ1v) is 11.6. The third-order valence-electron chi connectivity index (χ3n) is 4.70. The van der Waals surface area contributed by atoms with E-state index in [0.717, 1.165) is 4.31 Å². The fourth-order valence-corrected chi connectivity index (χ4v) is 6.94. The summed E-state index contributed by atoms with van der Waals surface area (Å²) in [7, 11) is -8.57. The van der Waals surface area contributed by atoms with Crippen molar-refractivity contribution in [1.82, 2.24) is 9.29 Å².